The van der Waals surface area contributed by atoms with E-state index in [0.717, 1.165) is 25.7 Å². The summed E-state index contributed by atoms with van der Waals surface area (Å²) in [7, 11) is 0. The van der Waals surface area contributed by atoms with Crippen molar-refractivity contribution in [2.45, 2.75) is 39.5 Å². The maximum absolute atomic E-state index is 12.0. The number of nitrogens with zero attached hydrogens (tertiary/aromatic N) is 1. The normalized spacial score (nSPS) is 12.2. The average molecular weight is 255 g/mol. The highest BCUT2D eigenvalue weighted by Gasteiger charge is 2.16. The third-order valence-corrected chi connectivity index (χ3v) is 3.13. The molecule has 1 unspecified atom stereocenters. The summed E-state index contributed by atoms with van der Waals surface area (Å²) in [6, 6.07) is 1.67. The molecular formula is C13H19ClN2O. The first kappa shape index (κ1) is 14.0. The van der Waals surface area contributed by atoms with Crippen LogP contribution in [-0.4, -0.2) is 10.9 Å². The summed E-state index contributed by atoms with van der Waals surface area (Å²) in [5.74, 6) is 0.0991. The van der Waals surface area contributed by atoms with Crippen molar-refractivity contribution in [1.82, 2.24) is 4.98 Å². The molecule has 0 fully saturated rings. The topological polar surface area (TPSA) is 42.0 Å². The van der Waals surface area contributed by atoms with E-state index in [1.54, 1.807) is 18.5 Å². The van der Waals surface area contributed by atoms with E-state index in [-0.39, 0.29) is 11.8 Å². The first-order valence-electron chi connectivity index (χ1n) is 6.09. The second-order valence-corrected chi connectivity index (χ2v) is 4.50. The van der Waals surface area contributed by atoms with Crippen LogP contribution in [0.1, 0.15) is 39.5 Å². The maximum atomic E-state index is 12.0. The summed E-state index contributed by atoms with van der Waals surface area (Å²) in [4.78, 5) is 16.0. The monoisotopic (exact) mass is 254 g/mol. The Labute approximate surface area is 108 Å². The lowest BCUT2D eigenvalue weighted by Gasteiger charge is -2.14. The van der Waals surface area contributed by atoms with E-state index in [2.05, 4.69) is 17.2 Å². The van der Waals surface area contributed by atoms with Gasteiger partial charge in [0.05, 0.1) is 16.9 Å². The second kappa shape index (κ2) is 7.28. The number of carbonyl (C=O) groups is 1. The lowest BCUT2D eigenvalue weighted by atomic mass is 9.98. The fraction of sp³-hybridized carbons (Fsp3) is 0.538. The van der Waals surface area contributed by atoms with Crippen molar-refractivity contribution in [2.75, 3.05) is 5.32 Å². The van der Waals surface area contributed by atoms with Gasteiger partial charge in [0.15, 0.2) is 0 Å². The van der Waals surface area contributed by atoms with Crippen molar-refractivity contribution >= 4 is 23.2 Å². The Hall–Kier alpha value is -1.09. The van der Waals surface area contributed by atoms with Crippen LogP contribution in [-0.2, 0) is 4.79 Å². The predicted molar refractivity (Wildman–Crippen MR) is 71.2 cm³/mol. The zero-order chi connectivity index (χ0) is 12.7. The van der Waals surface area contributed by atoms with Crippen LogP contribution in [0, 0.1) is 5.92 Å². The number of rotatable bonds is 6. The summed E-state index contributed by atoms with van der Waals surface area (Å²) in [5, 5.41) is 3.36. The van der Waals surface area contributed by atoms with Gasteiger partial charge in [0.25, 0.3) is 0 Å². The Morgan fingerprint density at radius 1 is 1.53 bits per heavy atom. The number of unbranched alkanes of at least 4 members (excludes halogenated alkanes) is 1. The molecule has 1 aromatic heterocycles. The van der Waals surface area contributed by atoms with Crippen molar-refractivity contribution in [3.05, 3.63) is 23.5 Å². The van der Waals surface area contributed by atoms with Gasteiger partial charge in [-0.1, -0.05) is 38.3 Å². The molecular weight excluding hydrogens is 236 g/mol. The third-order valence-electron chi connectivity index (χ3n) is 2.80. The number of aromatic nitrogens is 1. The molecule has 0 bridgehead atoms. The molecule has 3 nitrogen and oxygen atoms in total. The van der Waals surface area contributed by atoms with E-state index in [9.17, 15) is 4.79 Å². The predicted octanol–water partition coefficient (Wildman–Crippen LogP) is 3.89. The lowest BCUT2D eigenvalue weighted by molar-refractivity contribution is -0.120. The molecule has 0 aromatic carbocycles. The van der Waals surface area contributed by atoms with E-state index in [4.69, 9.17) is 11.6 Å². The van der Waals surface area contributed by atoms with Crippen LogP contribution in [0.5, 0.6) is 0 Å². The number of halogens is 1. The van der Waals surface area contributed by atoms with Crippen LogP contribution in [0.15, 0.2) is 18.5 Å². The Morgan fingerprint density at radius 2 is 2.29 bits per heavy atom. The Morgan fingerprint density at radius 3 is 2.88 bits per heavy atom. The quantitative estimate of drug-likeness (QED) is 0.837. The minimum atomic E-state index is 0.0378. The number of nitrogens with one attached hydrogen (secondary N) is 1. The third kappa shape index (κ3) is 4.35. The molecule has 4 heteroatoms. The van der Waals surface area contributed by atoms with Crippen LogP contribution in [0.2, 0.25) is 5.02 Å². The minimum Gasteiger partial charge on any atom is -0.323 e. The summed E-state index contributed by atoms with van der Waals surface area (Å²) in [6.45, 7) is 4.16. The van der Waals surface area contributed by atoms with Crippen LogP contribution in [0.25, 0.3) is 0 Å². The number of amides is 1. The molecule has 0 aliphatic carbocycles. The van der Waals surface area contributed by atoms with E-state index in [1.165, 1.54) is 0 Å². The molecule has 0 spiro atoms. The van der Waals surface area contributed by atoms with Gasteiger partial charge in [0.2, 0.25) is 5.91 Å². The molecule has 1 rings (SSSR count). The number of carbonyl (C=O) groups excluding carboxylic acids is 1. The standard InChI is InChI=1S/C13H19ClN2O/c1-3-5-6-10(4-2)13(17)16-12-9-15-8-7-11(12)14/h7-10H,3-6H2,1-2H3,(H,16,17). The fourth-order valence-electron chi connectivity index (χ4n) is 1.68. The lowest BCUT2D eigenvalue weighted by Crippen LogP contribution is -2.22. The molecule has 94 valence electrons. The molecule has 0 radical (unpaired) electrons. The van der Waals surface area contributed by atoms with Gasteiger partial charge < -0.3 is 5.32 Å². The van der Waals surface area contributed by atoms with Gasteiger partial charge in [-0.25, -0.2) is 0 Å². The Balaban J connectivity index is 2.61. The molecule has 0 aliphatic heterocycles. The highest BCUT2D eigenvalue weighted by Crippen LogP contribution is 2.21. The van der Waals surface area contributed by atoms with Crippen molar-refractivity contribution in [2.24, 2.45) is 5.92 Å². The van der Waals surface area contributed by atoms with E-state index in [0.29, 0.717) is 10.7 Å². The van der Waals surface area contributed by atoms with Crippen LogP contribution < -0.4 is 5.32 Å². The van der Waals surface area contributed by atoms with Crippen LogP contribution >= 0.6 is 11.6 Å². The molecule has 1 amide bonds. The molecule has 0 aliphatic rings. The first-order chi connectivity index (χ1) is 8.19. The van der Waals surface area contributed by atoms with Crippen molar-refractivity contribution in [3.8, 4) is 0 Å². The fourth-order valence-corrected chi connectivity index (χ4v) is 1.83. The summed E-state index contributed by atoms with van der Waals surface area (Å²) >= 11 is 5.97. The highest BCUT2D eigenvalue weighted by atomic mass is 35.5. The molecule has 1 aromatic rings. The zero-order valence-corrected chi connectivity index (χ0v) is 11.1. The summed E-state index contributed by atoms with van der Waals surface area (Å²) < 4.78 is 0. The van der Waals surface area contributed by atoms with Gasteiger partial charge in [0, 0.05) is 12.1 Å². The Bertz CT molecular complexity index is 368. The van der Waals surface area contributed by atoms with Gasteiger partial charge in [0.1, 0.15) is 0 Å². The minimum absolute atomic E-state index is 0.0378. The molecule has 1 atom stereocenters. The van der Waals surface area contributed by atoms with Gasteiger partial charge in [-0.05, 0) is 18.9 Å². The molecule has 1 N–H and O–H groups in total. The molecule has 1 heterocycles. The summed E-state index contributed by atoms with van der Waals surface area (Å²) in [6.07, 6.45) is 7.14. The molecule has 0 saturated heterocycles. The van der Waals surface area contributed by atoms with E-state index in [1.807, 2.05) is 6.92 Å². The van der Waals surface area contributed by atoms with Crippen LogP contribution in [0.4, 0.5) is 5.69 Å². The summed E-state index contributed by atoms with van der Waals surface area (Å²) in [5.41, 5.74) is 0.592. The Kier molecular flexibility index (Phi) is 5.98. The van der Waals surface area contributed by atoms with Gasteiger partial charge >= 0.3 is 0 Å². The number of hydrogen-bond acceptors (Lipinski definition) is 2. The number of anilines is 1. The zero-order valence-electron chi connectivity index (χ0n) is 10.4. The first-order valence-corrected chi connectivity index (χ1v) is 6.47. The van der Waals surface area contributed by atoms with E-state index >= 15 is 0 Å². The second-order valence-electron chi connectivity index (χ2n) is 4.09. The number of pyridine rings is 1. The largest absolute Gasteiger partial charge is 0.323 e. The van der Waals surface area contributed by atoms with E-state index < -0.39 is 0 Å². The molecule has 0 saturated carbocycles. The van der Waals surface area contributed by atoms with Crippen molar-refractivity contribution < 1.29 is 4.79 Å². The average Bonchev–Trinajstić information content (AvgIpc) is 2.33. The van der Waals surface area contributed by atoms with Gasteiger partial charge in [-0.15, -0.1) is 0 Å². The van der Waals surface area contributed by atoms with Crippen LogP contribution in [0.3, 0.4) is 0 Å². The highest BCUT2D eigenvalue weighted by molar-refractivity contribution is 6.33. The van der Waals surface area contributed by atoms with Gasteiger partial charge in [-0.3, -0.25) is 9.78 Å². The van der Waals surface area contributed by atoms with Crippen molar-refractivity contribution in [3.63, 3.8) is 0 Å². The smallest absolute Gasteiger partial charge is 0.227 e. The number of hydrogen-bond donors (Lipinski definition) is 1. The maximum Gasteiger partial charge on any atom is 0.227 e. The SMILES string of the molecule is CCCCC(CC)C(=O)Nc1cnccc1Cl. The van der Waals surface area contributed by atoms with Crippen molar-refractivity contribution in [1.29, 1.82) is 0 Å². The molecule has 17 heavy (non-hydrogen) atoms. The van der Waals surface area contributed by atoms with Gasteiger partial charge in [-0.2, -0.15) is 0 Å².